The molecule has 22 heavy (non-hydrogen) atoms. The quantitative estimate of drug-likeness (QED) is 0.577. The molecular weight excluding hydrogens is 327 g/mol. The number of carbonyl (C=O) groups is 1. The van der Waals surface area contributed by atoms with E-state index in [1.54, 1.807) is 11.1 Å². The minimum Gasteiger partial charge on any atom is -0.444 e. The molecule has 2 heterocycles. The predicted octanol–water partition coefficient (Wildman–Crippen LogP) is 3.23. The number of hydrogen-bond donors (Lipinski definition) is 0. The second-order valence-electron chi connectivity index (χ2n) is 6.28. The average Bonchev–Trinajstić information content (AvgIpc) is 2.36. The van der Waals surface area contributed by atoms with Crippen molar-refractivity contribution in [3.63, 3.8) is 0 Å². The number of halogens is 2. The average molecular weight is 347 g/mol. The summed E-state index contributed by atoms with van der Waals surface area (Å²) in [6.07, 6.45) is 1.31. The van der Waals surface area contributed by atoms with Crippen LogP contribution < -0.4 is 4.90 Å². The van der Waals surface area contributed by atoms with Crippen molar-refractivity contribution in [3.8, 4) is 0 Å². The minimum atomic E-state index is -0.499. The highest BCUT2D eigenvalue weighted by Gasteiger charge is 2.31. The summed E-state index contributed by atoms with van der Waals surface area (Å²) < 4.78 is 5.43. The monoisotopic (exact) mass is 346 g/mol. The first kappa shape index (κ1) is 17.1. The van der Waals surface area contributed by atoms with Crippen molar-refractivity contribution in [2.75, 3.05) is 24.5 Å². The fraction of sp³-hybridized carbons (Fsp3) is 0.643. The lowest BCUT2D eigenvalue weighted by Crippen LogP contribution is -2.55. The van der Waals surface area contributed by atoms with Crippen LogP contribution in [-0.2, 0) is 4.74 Å². The number of amides is 1. The van der Waals surface area contributed by atoms with Crippen LogP contribution in [0.15, 0.2) is 6.20 Å². The molecule has 1 aliphatic heterocycles. The number of nitrogens with zero attached hydrogens (tertiary/aromatic N) is 4. The highest BCUT2D eigenvalue weighted by atomic mass is 35.5. The summed E-state index contributed by atoms with van der Waals surface area (Å²) >= 11 is 11.8. The van der Waals surface area contributed by atoms with Gasteiger partial charge in [-0.25, -0.2) is 14.8 Å². The number of piperazine rings is 1. The van der Waals surface area contributed by atoms with Crippen molar-refractivity contribution >= 4 is 35.0 Å². The fourth-order valence-corrected chi connectivity index (χ4v) is 2.74. The zero-order chi connectivity index (χ0) is 16.5. The molecule has 122 valence electrons. The van der Waals surface area contributed by atoms with Crippen LogP contribution in [0, 0.1) is 0 Å². The van der Waals surface area contributed by atoms with Crippen LogP contribution in [0.3, 0.4) is 0 Å². The van der Waals surface area contributed by atoms with Crippen LogP contribution in [0.5, 0.6) is 0 Å². The molecule has 0 spiro atoms. The van der Waals surface area contributed by atoms with Gasteiger partial charge in [-0.15, -0.1) is 0 Å². The van der Waals surface area contributed by atoms with Crippen molar-refractivity contribution in [2.45, 2.75) is 39.3 Å². The predicted molar refractivity (Wildman–Crippen MR) is 86.7 cm³/mol. The molecule has 2 rings (SSSR count). The van der Waals surface area contributed by atoms with E-state index in [0.717, 1.165) is 5.69 Å². The summed E-state index contributed by atoms with van der Waals surface area (Å²) in [5.74, 6) is 0. The van der Waals surface area contributed by atoms with E-state index >= 15 is 0 Å². The maximum atomic E-state index is 12.2. The fourth-order valence-electron chi connectivity index (χ4n) is 2.32. The summed E-state index contributed by atoms with van der Waals surface area (Å²) in [6, 6.07) is -0.00431. The lowest BCUT2D eigenvalue weighted by atomic mass is 10.2. The zero-order valence-corrected chi connectivity index (χ0v) is 14.6. The Hall–Kier alpha value is -1.27. The second kappa shape index (κ2) is 6.46. The topological polar surface area (TPSA) is 58.6 Å². The summed E-state index contributed by atoms with van der Waals surface area (Å²) in [6.45, 7) is 9.36. The molecule has 0 radical (unpaired) electrons. The van der Waals surface area contributed by atoms with Crippen LogP contribution in [0.25, 0.3) is 0 Å². The van der Waals surface area contributed by atoms with Gasteiger partial charge >= 0.3 is 6.09 Å². The Balaban J connectivity index is 2.05. The molecule has 1 aliphatic rings. The molecule has 1 aromatic rings. The Kier molecular flexibility index (Phi) is 5.02. The van der Waals surface area contributed by atoms with E-state index in [0.29, 0.717) is 24.8 Å². The molecule has 0 bridgehead atoms. The van der Waals surface area contributed by atoms with Crippen molar-refractivity contribution in [2.24, 2.45) is 0 Å². The van der Waals surface area contributed by atoms with E-state index in [-0.39, 0.29) is 17.4 Å². The first-order valence-electron chi connectivity index (χ1n) is 7.10. The van der Waals surface area contributed by atoms with Gasteiger partial charge in [-0.2, -0.15) is 0 Å². The smallest absolute Gasteiger partial charge is 0.410 e. The molecule has 1 aromatic heterocycles. The number of ether oxygens (including phenoxy) is 1. The molecule has 0 saturated carbocycles. The van der Waals surface area contributed by atoms with E-state index in [2.05, 4.69) is 9.97 Å². The van der Waals surface area contributed by atoms with Crippen LogP contribution in [-0.4, -0.2) is 52.2 Å². The van der Waals surface area contributed by atoms with Crippen molar-refractivity contribution in [1.29, 1.82) is 0 Å². The lowest BCUT2D eigenvalue weighted by molar-refractivity contribution is 0.0159. The third-order valence-electron chi connectivity index (χ3n) is 3.29. The summed E-state index contributed by atoms with van der Waals surface area (Å²) in [7, 11) is 0. The minimum absolute atomic E-state index is 0.00431. The van der Waals surface area contributed by atoms with E-state index in [9.17, 15) is 4.79 Å². The van der Waals surface area contributed by atoms with E-state index in [4.69, 9.17) is 27.9 Å². The molecule has 1 fully saturated rings. The first-order chi connectivity index (χ1) is 10.2. The molecule has 0 aromatic carbocycles. The standard InChI is InChI=1S/C14H20Cl2N4O2/c1-9-8-19(10-7-17-12(16)18-11(10)15)5-6-20(9)13(21)22-14(2,3)4/h7,9H,5-6,8H2,1-4H3/t9-/m1/s1. The van der Waals surface area contributed by atoms with E-state index in [1.807, 2.05) is 32.6 Å². The Morgan fingerprint density at radius 3 is 2.59 bits per heavy atom. The van der Waals surface area contributed by atoms with Crippen LogP contribution in [0.2, 0.25) is 10.4 Å². The molecule has 0 unspecified atom stereocenters. The summed E-state index contributed by atoms with van der Waals surface area (Å²) in [5.41, 5.74) is 0.225. The first-order valence-corrected chi connectivity index (χ1v) is 7.85. The van der Waals surface area contributed by atoms with Gasteiger partial charge in [-0.05, 0) is 39.3 Å². The third-order valence-corrected chi connectivity index (χ3v) is 3.75. The SMILES string of the molecule is C[C@@H]1CN(c2cnc(Cl)nc2Cl)CCN1C(=O)OC(C)(C)C. The molecular formula is C14H20Cl2N4O2. The van der Waals surface area contributed by atoms with Crippen LogP contribution in [0.4, 0.5) is 10.5 Å². The highest BCUT2D eigenvalue weighted by Crippen LogP contribution is 2.26. The zero-order valence-electron chi connectivity index (χ0n) is 13.1. The molecule has 0 N–H and O–H groups in total. The van der Waals surface area contributed by atoms with Crippen LogP contribution >= 0.6 is 23.2 Å². The third kappa shape index (κ3) is 4.14. The molecule has 6 nitrogen and oxygen atoms in total. The number of hydrogen-bond acceptors (Lipinski definition) is 5. The number of carbonyl (C=O) groups excluding carboxylic acids is 1. The lowest BCUT2D eigenvalue weighted by Gasteiger charge is -2.41. The molecule has 0 aliphatic carbocycles. The molecule has 1 saturated heterocycles. The normalized spacial score (nSPS) is 19.3. The van der Waals surface area contributed by atoms with Crippen molar-refractivity contribution < 1.29 is 9.53 Å². The number of rotatable bonds is 1. The van der Waals surface area contributed by atoms with Gasteiger partial charge in [-0.3, -0.25) is 0 Å². The van der Waals surface area contributed by atoms with Gasteiger partial charge in [0.1, 0.15) is 5.60 Å². The molecule has 1 amide bonds. The number of anilines is 1. The van der Waals surface area contributed by atoms with Crippen LogP contribution in [0.1, 0.15) is 27.7 Å². The van der Waals surface area contributed by atoms with Gasteiger partial charge in [0.15, 0.2) is 5.15 Å². The molecule has 1 atom stereocenters. The Morgan fingerprint density at radius 2 is 2.05 bits per heavy atom. The van der Waals surface area contributed by atoms with Gasteiger partial charge in [-0.1, -0.05) is 11.6 Å². The summed E-state index contributed by atoms with van der Waals surface area (Å²) in [4.78, 5) is 23.9. The van der Waals surface area contributed by atoms with Gasteiger partial charge in [0.05, 0.1) is 11.9 Å². The Labute approximate surface area is 140 Å². The highest BCUT2D eigenvalue weighted by molar-refractivity contribution is 6.33. The Morgan fingerprint density at radius 1 is 1.36 bits per heavy atom. The van der Waals surface area contributed by atoms with E-state index in [1.165, 1.54) is 0 Å². The number of aromatic nitrogens is 2. The van der Waals surface area contributed by atoms with Crippen molar-refractivity contribution in [3.05, 3.63) is 16.6 Å². The Bertz CT molecular complexity index is 562. The van der Waals surface area contributed by atoms with E-state index < -0.39 is 5.60 Å². The van der Waals surface area contributed by atoms with Gasteiger partial charge in [0.25, 0.3) is 0 Å². The van der Waals surface area contributed by atoms with Crippen molar-refractivity contribution in [1.82, 2.24) is 14.9 Å². The molecule has 8 heteroatoms. The maximum absolute atomic E-state index is 12.2. The maximum Gasteiger partial charge on any atom is 0.410 e. The van der Waals surface area contributed by atoms with Gasteiger partial charge in [0, 0.05) is 25.7 Å². The largest absolute Gasteiger partial charge is 0.444 e. The second-order valence-corrected chi connectivity index (χ2v) is 6.98. The summed E-state index contributed by atoms with van der Waals surface area (Å²) in [5, 5.41) is 0.437. The van der Waals surface area contributed by atoms with Gasteiger partial charge < -0.3 is 14.5 Å². The van der Waals surface area contributed by atoms with Gasteiger partial charge in [0.2, 0.25) is 5.28 Å².